The van der Waals surface area contributed by atoms with Crippen molar-refractivity contribution in [3.05, 3.63) is 35.4 Å². The third-order valence-electron chi connectivity index (χ3n) is 4.58. The van der Waals surface area contributed by atoms with E-state index < -0.39 is 5.97 Å². The summed E-state index contributed by atoms with van der Waals surface area (Å²) in [5, 5.41) is 17.6. The summed E-state index contributed by atoms with van der Waals surface area (Å²) in [4.78, 5) is 10.8. The number of carboxylic acids is 1. The molecule has 0 bridgehead atoms. The van der Waals surface area contributed by atoms with Crippen molar-refractivity contribution in [1.82, 2.24) is 0 Å². The minimum absolute atomic E-state index is 0.105. The molecule has 3 rings (SSSR count). The van der Waals surface area contributed by atoms with Crippen LogP contribution in [-0.4, -0.2) is 11.1 Å². The molecule has 2 aliphatic rings. The van der Waals surface area contributed by atoms with E-state index in [4.69, 9.17) is 10.4 Å². The molecule has 0 saturated heterocycles. The van der Waals surface area contributed by atoms with E-state index in [1.54, 1.807) is 0 Å². The molecule has 106 valence electrons. The quantitative estimate of drug-likeness (QED) is 0.886. The van der Waals surface area contributed by atoms with E-state index in [-0.39, 0.29) is 5.92 Å². The van der Waals surface area contributed by atoms with Crippen LogP contribution in [0.1, 0.15) is 56.6 Å². The van der Waals surface area contributed by atoms with E-state index >= 15 is 0 Å². The van der Waals surface area contributed by atoms with Crippen molar-refractivity contribution in [3.63, 3.8) is 0 Å². The summed E-state index contributed by atoms with van der Waals surface area (Å²) in [5.74, 6) is -0.179. The van der Waals surface area contributed by atoms with Crippen molar-refractivity contribution in [2.45, 2.75) is 45.4 Å². The largest absolute Gasteiger partial charge is 0.481 e. The lowest BCUT2D eigenvalue weighted by atomic mass is 9.47. The second-order valence-corrected chi connectivity index (χ2v) is 5.78. The molecule has 1 aromatic carbocycles. The first-order chi connectivity index (χ1) is 9.62. The van der Waals surface area contributed by atoms with Gasteiger partial charge in [-0.2, -0.15) is 5.26 Å². The second-order valence-electron chi connectivity index (χ2n) is 5.78. The van der Waals surface area contributed by atoms with Crippen molar-refractivity contribution in [1.29, 1.82) is 5.26 Å². The van der Waals surface area contributed by atoms with Gasteiger partial charge in [-0.05, 0) is 54.7 Å². The highest BCUT2D eigenvalue weighted by Crippen LogP contribution is 2.63. The number of carbonyl (C=O) groups is 1. The van der Waals surface area contributed by atoms with Crippen LogP contribution in [0.15, 0.2) is 24.3 Å². The molecule has 2 fully saturated rings. The van der Waals surface area contributed by atoms with Gasteiger partial charge in [-0.15, -0.1) is 0 Å². The van der Waals surface area contributed by atoms with Gasteiger partial charge in [-0.25, -0.2) is 0 Å². The third-order valence-corrected chi connectivity index (χ3v) is 4.58. The zero-order valence-electron chi connectivity index (χ0n) is 12.1. The van der Waals surface area contributed by atoms with Gasteiger partial charge < -0.3 is 5.11 Å². The lowest BCUT2D eigenvalue weighted by molar-refractivity contribution is -0.155. The van der Waals surface area contributed by atoms with E-state index in [0.29, 0.717) is 16.9 Å². The molecule has 0 amide bonds. The van der Waals surface area contributed by atoms with Crippen molar-refractivity contribution in [3.8, 4) is 6.07 Å². The fraction of sp³-hybridized carbons (Fsp3) is 0.529. The van der Waals surface area contributed by atoms with Gasteiger partial charge in [0.05, 0.1) is 17.6 Å². The van der Waals surface area contributed by atoms with Crippen LogP contribution < -0.4 is 0 Å². The zero-order chi connectivity index (χ0) is 14.8. The van der Waals surface area contributed by atoms with Gasteiger partial charge in [0.2, 0.25) is 0 Å². The highest BCUT2D eigenvalue weighted by Gasteiger charge is 2.54. The van der Waals surface area contributed by atoms with E-state index in [0.717, 1.165) is 25.7 Å². The Morgan fingerprint density at radius 3 is 2.20 bits per heavy atom. The molecule has 0 unspecified atom stereocenters. The van der Waals surface area contributed by atoms with Crippen LogP contribution in [0.4, 0.5) is 0 Å². The van der Waals surface area contributed by atoms with Crippen LogP contribution in [0.5, 0.6) is 0 Å². The lowest BCUT2D eigenvalue weighted by Crippen LogP contribution is -2.48. The van der Waals surface area contributed by atoms with Gasteiger partial charge in [-0.3, -0.25) is 4.79 Å². The van der Waals surface area contributed by atoms with E-state index in [1.807, 2.05) is 38.1 Å². The molecule has 0 atom stereocenters. The smallest absolute Gasteiger partial charge is 0.306 e. The summed E-state index contributed by atoms with van der Waals surface area (Å²) >= 11 is 0. The van der Waals surface area contributed by atoms with Crippen LogP contribution in [0.3, 0.4) is 0 Å². The predicted molar refractivity (Wildman–Crippen MR) is 77.3 cm³/mol. The number of aliphatic carboxylic acids is 1. The molecular formula is C17H21NO2. The Morgan fingerprint density at radius 2 is 1.75 bits per heavy atom. The maximum absolute atomic E-state index is 10.8. The number of nitrogens with zero attached hydrogens (tertiary/aromatic N) is 1. The number of hydrogen-bond acceptors (Lipinski definition) is 2. The maximum atomic E-state index is 10.8. The molecule has 3 nitrogen and oxygen atoms in total. The first kappa shape index (κ1) is 14.6. The molecular weight excluding hydrogens is 250 g/mol. The molecule has 1 aromatic rings. The van der Waals surface area contributed by atoms with Crippen LogP contribution >= 0.6 is 0 Å². The SMILES string of the molecule is CC.N#Cc1ccc(C2CC3(CC(C(=O)O)C3)C2)cc1. The van der Waals surface area contributed by atoms with Gasteiger partial charge in [-0.1, -0.05) is 26.0 Å². The Labute approximate surface area is 120 Å². The van der Waals surface area contributed by atoms with E-state index in [2.05, 4.69) is 6.07 Å². The van der Waals surface area contributed by atoms with E-state index in [1.165, 1.54) is 5.56 Å². The Balaban J connectivity index is 0.000000704. The average molecular weight is 271 g/mol. The number of rotatable bonds is 2. The van der Waals surface area contributed by atoms with Crippen LogP contribution in [0.25, 0.3) is 0 Å². The second kappa shape index (κ2) is 5.66. The summed E-state index contributed by atoms with van der Waals surface area (Å²) in [5.41, 5.74) is 2.31. The van der Waals surface area contributed by atoms with Crippen LogP contribution in [0, 0.1) is 22.7 Å². The van der Waals surface area contributed by atoms with Gasteiger partial charge >= 0.3 is 5.97 Å². The highest BCUT2D eigenvalue weighted by molar-refractivity contribution is 5.71. The normalized spacial score (nSPS) is 30.2. The van der Waals surface area contributed by atoms with Gasteiger partial charge in [0, 0.05) is 0 Å². The summed E-state index contributed by atoms with van der Waals surface area (Å²) in [6.07, 6.45) is 3.94. The summed E-state index contributed by atoms with van der Waals surface area (Å²) in [7, 11) is 0. The van der Waals surface area contributed by atoms with Gasteiger partial charge in [0.25, 0.3) is 0 Å². The minimum Gasteiger partial charge on any atom is -0.481 e. The summed E-state index contributed by atoms with van der Waals surface area (Å²) in [6, 6.07) is 9.91. The molecule has 1 N–H and O–H groups in total. The first-order valence-electron chi connectivity index (χ1n) is 7.35. The molecule has 0 aliphatic heterocycles. The van der Waals surface area contributed by atoms with Crippen molar-refractivity contribution < 1.29 is 9.90 Å². The van der Waals surface area contributed by atoms with Gasteiger partial charge in [0.15, 0.2) is 0 Å². The Hall–Kier alpha value is -1.82. The third kappa shape index (κ3) is 2.56. The first-order valence-corrected chi connectivity index (χ1v) is 7.35. The van der Waals surface area contributed by atoms with E-state index in [9.17, 15) is 4.79 Å². The lowest BCUT2D eigenvalue weighted by Gasteiger charge is -2.57. The molecule has 0 radical (unpaired) electrons. The predicted octanol–water partition coefficient (Wildman–Crippen LogP) is 3.94. The molecule has 1 spiro atoms. The molecule has 2 aliphatic carbocycles. The number of hydrogen-bond donors (Lipinski definition) is 1. The fourth-order valence-electron chi connectivity index (χ4n) is 3.54. The van der Waals surface area contributed by atoms with Crippen molar-refractivity contribution in [2.75, 3.05) is 0 Å². The minimum atomic E-state index is -0.637. The summed E-state index contributed by atoms with van der Waals surface area (Å²) < 4.78 is 0. The number of nitriles is 1. The monoisotopic (exact) mass is 271 g/mol. The number of carboxylic acid groups (broad SMARTS) is 1. The Morgan fingerprint density at radius 1 is 1.20 bits per heavy atom. The van der Waals surface area contributed by atoms with Crippen LogP contribution in [0.2, 0.25) is 0 Å². The van der Waals surface area contributed by atoms with Crippen LogP contribution in [-0.2, 0) is 4.79 Å². The fourth-order valence-corrected chi connectivity index (χ4v) is 3.54. The summed E-state index contributed by atoms with van der Waals surface area (Å²) in [6.45, 7) is 4.00. The molecule has 3 heteroatoms. The standard InChI is InChI=1S/C15H15NO2.C2H6/c16-9-10-1-3-11(4-2-10)12-5-15(6-12)7-13(8-15)14(17)18;1-2/h1-4,12-13H,5-8H2,(H,17,18);1-2H3. The van der Waals surface area contributed by atoms with Crippen molar-refractivity contribution >= 4 is 5.97 Å². The topological polar surface area (TPSA) is 61.1 Å². The molecule has 20 heavy (non-hydrogen) atoms. The Kier molecular flexibility index (Phi) is 4.13. The average Bonchev–Trinajstić information content (AvgIpc) is 2.38. The molecule has 2 saturated carbocycles. The maximum Gasteiger partial charge on any atom is 0.306 e. The van der Waals surface area contributed by atoms with Gasteiger partial charge in [0.1, 0.15) is 0 Å². The highest BCUT2D eigenvalue weighted by atomic mass is 16.4. The number of benzene rings is 1. The molecule has 0 heterocycles. The molecule has 0 aromatic heterocycles. The Bertz CT molecular complexity index is 513. The van der Waals surface area contributed by atoms with Crippen molar-refractivity contribution in [2.24, 2.45) is 11.3 Å². The zero-order valence-corrected chi connectivity index (χ0v) is 12.1.